The van der Waals surface area contributed by atoms with Crippen LogP contribution in [0.4, 0.5) is 0 Å². The molecule has 0 aromatic carbocycles. The first kappa shape index (κ1) is 8.18. The number of Topliss-reactive ketones (excluding diaryl/α,β-unsaturated/α-hetero) is 1. The molecule has 0 N–H and O–H groups in total. The van der Waals surface area contributed by atoms with Crippen LogP contribution in [0, 0.1) is 0 Å². The highest BCUT2D eigenvalue weighted by Gasteiger charge is 2.11. The fraction of sp³-hybridized carbons (Fsp3) is 0.556. The zero-order valence-corrected chi connectivity index (χ0v) is 7.05. The van der Waals surface area contributed by atoms with E-state index in [-0.39, 0.29) is 5.78 Å². The lowest BCUT2D eigenvalue weighted by Crippen LogP contribution is -2.07. The minimum Gasteiger partial charge on any atom is -0.293 e. The summed E-state index contributed by atoms with van der Waals surface area (Å²) in [7, 11) is 0. The molecule has 0 fully saturated rings. The van der Waals surface area contributed by atoms with E-state index in [9.17, 15) is 4.79 Å². The van der Waals surface area contributed by atoms with Crippen LogP contribution in [0.5, 0.6) is 0 Å². The highest BCUT2D eigenvalue weighted by atomic mass is 16.1. The maximum atomic E-state index is 10.9. The minimum absolute atomic E-state index is 0.138. The average molecular weight is 151 g/mol. The van der Waals surface area contributed by atoms with Crippen LogP contribution in [0.15, 0.2) is 16.3 Å². The molecule has 2 nitrogen and oxygen atoms in total. The van der Waals surface area contributed by atoms with E-state index >= 15 is 0 Å². The zero-order valence-electron chi connectivity index (χ0n) is 7.05. The van der Waals surface area contributed by atoms with Crippen molar-refractivity contribution < 1.29 is 4.79 Å². The van der Waals surface area contributed by atoms with E-state index in [1.54, 1.807) is 0 Å². The summed E-state index contributed by atoms with van der Waals surface area (Å²) < 4.78 is 0. The number of aliphatic imine (C=N–C) groups is 1. The molecule has 0 amide bonds. The zero-order chi connectivity index (χ0) is 8.27. The molecule has 0 bridgehead atoms. The van der Waals surface area contributed by atoms with Crippen LogP contribution in [0.2, 0.25) is 0 Å². The lowest BCUT2D eigenvalue weighted by molar-refractivity contribution is -0.112. The molecule has 0 atom stereocenters. The molecule has 0 saturated carbocycles. The van der Waals surface area contributed by atoms with Crippen molar-refractivity contribution in [2.45, 2.75) is 33.1 Å². The quantitative estimate of drug-likeness (QED) is 0.594. The molecule has 0 saturated heterocycles. The predicted molar refractivity (Wildman–Crippen MR) is 45.7 cm³/mol. The van der Waals surface area contributed by atoms with E-state index in [4.69, 9.17) is 0 Å². The third-order valence-corrected chi connectivity index (χ3v) is 1.92. The van der Waals surface area contributed by atoms with Gasteiger partial charge < -0.3 is 0 Å². The molecule has 0 unspecified atom stereocenters. The second-order valence-corrected chi connectivity index (χ2v) is 2.66. The average Bonchev–Trinajstić information content (AvgIpc) is 2.04. The van der Waals surface area contributed by atoms with Crippen molar-refractivity contribution in [1.82, 2.24) is 0 Å². The van der Waals surface area contributed by atoms with Gasteiger partial charge in [0.1, 0.15) is 0 Å². The van der Waals surface area contributed by atoms with Crippen molar-refractivity contribution in [2.75, 3.05) is 0 Å². The van der Waals surface area contributed by atoms with Crippen LogP contribution in [0.1, 0.15) is 33.1 Å². The number of ketones is 1. The molecule has 1 heterocycles. The Labute approximate surface area is 67.0 Å². The van der Waals surface area contributed by atoms with E-state index in [2.05, 4.69) is 18.8 Å². The first-order valence-corrected chi connectivity index (χ1v) is 4.05. The molecule has 2 heteroatoms. The van der Waals surface area contributed by atoms with Crippen molar-refractivity contribution in [2.24, 2.45) is 4.99 Å². The summed E-state index contributed by atoms with van der Waals surface area (Å²) in [6.07, 6.45) is 3.92. The Balaban J connectivity index is 2.85. The number of rotatable bonds is 2. The van der Waals surface area contributed by atoms with E-state index in [1.165, 1.54) is 11.8 Å². The number of carbonyl (C=O) groups is 1. The lowest BCUT2D eigenvalue weighted by Gasteiger charge is -2.10. The second-order valence-electron chi connectivity index (χ2n) is 2.66. The standard InChI is InChI=1S/C9H13NO/c1-3-7-5-8(11)6-10-9(7)4-2/h6H,3-5H2,1-2H3. The molecule has 1 aliphatic heterocycles. The Bertz CT molecular complexity index is 226. The fourth-order valence-electron chi connectivity index (χ4n) is 1.27. The molecule has 0 aliphatic carbocycles. The Hall–Kier alpha value is -0.920. The number of hydrogen-bond donors (Lipinski definition) is 0. The highest BCUT2D eigenvalue weighted by Crippen LogP contribution is 2.19. The van der Waals surface area contributed by atoms with E-state index in [1.807, 2.05) is 0 Å². The molecule has 0 aromatic heterocycles. The fourth-order valence-corrected chi connectivity index (χ4v) is 1.27. The number of allylic oxidation sites excluding steroid dienone is 2. The van der Waals surface area contributed by atoms with Gasteiger partial charge in [-0.25, -0.2) is 0 Å². The maximum Gasteiger partial charge on any atom is 0.177 e. The van der Waals surface area contributed by atoms with Crippen molar-refractivity contribution in [1.29, 1.82) is 0 Å². The Morgan fingerprint density at radius 2 is 2.18 bits per heavy atom. The van der Waals surface area contributed by atoms with Crippen molar-refractivity contribution >= 4 is 12.0 Å². The number of carbonyl (C=O) groups excluding carboxylic acids is 1. The highest BCUT2D eigenvalue weighted by molar-refractivity contribution is 6.29. The smallest absolute Gasteiger partial charge is 0.177 e. The van der Waals surface area contributed by atoms with Gasteiger partial charge in [0.05, 0.1) is 6.21 Å². The van der Waals surface area contributed by atoms with E-state index in [0.717, 1.165) is 18.5 Å². The van der Waals surface area contributed by atoms with Crippen LogP contribution in [-0.4, -0.2) is 12.0 Å². The third kappa shape index (κ3) is 1.76. The second kappa shape index (κ2) is 3.46. The predicted octanol–water partition coefficient (Wildman–Crippen LogP) is 2.10. The molecule has 11 heavy (non-hydrogen) atoms. The summed E-state index contributed by atoms with van der Waals surface area (Å²) in [5, 5.41) is 0. The van der Waals surface area contributed by atoms with Gasteiger partial charge in [0, 0.05) is 12.1 Å². The van der Waals surface area contributed by atoms with E-state index in [0.29, 0.717) is 6.42 Å². The molecule has 0 aromatic rings. The van der Waals surface area contributed by atoms with Crippen molar-refractivity contribution in [3.63, 3.8) is 0 Å². The first-order chi connectivity index (χ1) is 5.27. The maximum absolute atomic E-state index is 10.9. The van der Waals surface area contributed by atoms with E-state index < -0.39 is 0 Å². The summed E-state index contributed by atoms with van der Waals surface area (Å²) in [6.45, 7) is 4.14. The Morgan fingerprint density at radius 1 is 1.45 bits per heavy atom. The van der Waals surface area contributed by atoms with Crippen LogP contribution >= 0.6 is 0 Å². The number of hydrogen-bond acceptors (Lipinski definition) is 2. The molecule has 1 aliphatic rings. The monoisotopic (exact) mass is 151 g/mol. The van der Waals surface area contributed by atoms with Crippen molar-refractivity contribution in [3.8, 4) is 0 Å². The molecular weight excluding hydrogens is 138 g/mol. The van der Waals surface area contributed by atoms with Crippen LogP contribution < -0.4 is 0 Å². The van der Waals surface area contributed by atoms with Gasteiger partial charge in [0.25, 0.3) is 0 Å². The molecule has 1 rings (SSSR count). The van der Waals surface area contributed by atoms with Gasteiger partial charge in [-0.15, -0.1) is 0 Å². The van der Waals surface area contributed by atoms with Gasteiger partial charge in [-0.05, 0) is 18.4 Å². The van der Waals surface area contributed by atoms with Gasteiger partial charge in [0.2, 0.25) is 0 Å². The normalized spacial score (nSPS) is 17.8. The largest absolute Gasteiger partial charge is 0.293 e. The Kier molecular flexibility index (Phi) is 2.58. The van der Waals surface area contributed by atoms with Crippen molar-refractivity contribution in [3.05, 3.63) is 11.3 Å². The summed E-state index contributed by atoms with van der Waals surface area (Å²) in [5.41, 5.74) is 2.31. The summed E-state index contributed by atoms with van der Waals surface area (Å²) in [4.78, 5) is 15.0. The first-order valence-electron chi connectivity index (χ1n) is 4.05. The Morgan fingerprint density at radius 3 is 2.73 bits per heavy atom. The van der Waals surface area contributed by atoms with Gasteiger partial charge in [-0.1, -0.05) is 13.8 Å². The number of nitrogens with zero attached hydrogens (tertiary/aromatic N) is 1. The van der Waals surface area contributed by atoms with Gasteiger partial charge in [-0.3, -0.25) is 9.79 Å². The molecule has 60 valence electrons. The van der Waals surface area contributed by atoms with Gasteiger partial charge in [-0.2, -0.15) is 0 Å². The molecule has 0 spiro atoms. The molecular formula is C9H13NO. The summed E-state index contributed by atoms with van der Waals surface area (Å²) in [5.74, 6) is 0.138. The third-order valence-electron chi connectivity index (χ3n) is 1.92. The summed E-state index contributed by atoms with van der Waals surface area (Å²) in [6, 6.07) is 0. The minimum atomic E-state index is 0.138. The van der Waals surface area contributed by atoms with Gasteiger partial charge >= 0.3 is 0 Å². The molecule has 0 radical (unpaired) electrons. The van der Waals surface area contributed by atoms with Crippen LogP contribution in [-0.2, 0) is 4.79 Å². The SMILES string of the molecule is CCC1=C(CC)N=CC(=O)C1. The topological polar surface area (TPSA) is 29.4 Å². The summed E-state index contributed by atoms with van der Waals surface area (Å²) >= 11 is 0. The lowest BCUT2D eigenvalue weighted by atomic mass is 10.0. The van der Waals surface area contributed by atoms with Crippen LogP contribution in [0.25, 0.3) is 0 Å². The van der Waals surface area contributed by atoms with Crippen LogP contribution in [0.3, 0.4) is 0 Å². The van der Waals surface area contributed by atoms with Gasteiger partial charge in [0.15, 0.2) is 5.78 Å².